The fraction of sp³-hybridized carbons (Fsp3) is 0.462. The molecule has 1 aromatic carbocycles. The van der Waals surface area contributed by atoms with Crippen LogP contribution in [0.4, 0.5) is 5.69 Å². The Kier molecular flexibility index (Phi) is 5.98. The number of anilines is 1. The Morgan fingerprint density at radius 3 is 2.52 bits per heavy atom. The van der Waals surface area contributed by atoms with Gasteiger partial charge in [-0.3, -0.25) is 9.10 Å². The molecule has 118 valence electrons. The molecule has 0 atom stereocenters. The molecule has 0 saturated carbocycles. The molecule has 1 aromatic rings. The summed E-state index contributed by atoms with van der Waals surface area (Å²) < 4.78 is 34.2. The van der Waals surface area contributed by atoms with Gasteiger partial charge >= 0.3 is 0 Å². The van der Waals surface area contributed by atoms with E-state index in [4.69, 9.17) is 9.47 Å². The number of sulfonamides is 1. The van der Waals surface area contributed by atoms with Gasteiger partial charge in [0, 0.05) is 20.7 Å². The third-order valence-corrected chi connectivity index (χ3v) is 4.09. The van der Waals surface area contributed by atoms with Crippen molar-refractivity contribution >= 4 is 21.6 Å². The molecule has 1 rings (SSSR count). The van der Waals surface area contributed by atoms with Crippen molar-refractivity contribution in [3.05, 3.63) is 23.8 Å². The highest BCUT2D eigenvalue weighted by Crippen LogP contribution is 2.25. The summed E-state index contributed by atoms with van der Waals surface area (Å²) in [6.45, 7) is 0.738. The summed E-state index contributed by atoms with van der Waals surface area (Å²) in [5.41, 5.74) is 0.650. The lowest BCUT2D eigenvalue weighted by molar-refractivity contribution is 0.0934. The van der Waals surface area contributed by atoms with Crippen molar-refractivity contribution < 1.29 is 22.7 Å². The zero-order valence-electron chi connectivity index (χ0n) is 12.5. The lowest BCUT2D eigenvalue weighted by atomic mass is 10.1. The molecule has 0 spiro atoms. The van der Waals surface area contributed by atoms with Gasteiger partial charge in [-0.05, 0) is 18.2 Å². The predicted octanol–water partition coefficient (Wildman–Crippen LogP) is 0.467. The van der Waals surface area contributed by atoms with Crippen molar-refractivity contribution in [1.82, 2.24) is 5.32 Å². The van der Waals surface area contributed by atoms with Gasteiger partial charge in [-0.25, -0.2) is 8.42 Å². The summed E-state index contributed by atoms with van der Waals surface area (Å²) in [7, 11) is 1.00. The van der Waals surface area contributed by atoms with E-state index in [1.165, 1.54) is 27.3 Å². The van der Waals surface area contributed by atoms with Crippen molar-refractivity contribution in [3.63, 3.8) is 0 Å². The van der Waals surface area contributed by atoms with Crippen LogP contribution in [0.25, 0.3) is 0 Å². The number of amides is 1. The Balaban J connectivity index is 3.09. The van der Waals surface area contributed by atoms with E-state index < -0.39 is 10.0 Å². The monoisotopic (exact) mass is 316 g/mol. The van der Waals surface area contributed by atoms with Crippen LogP contribution in [0, 0.1) is 0 Å². The SMILES string of the molecule is COCCNC(=O)c1cc(N(C)S(C)(=O)=O)ccc1OC. The van der Waals surface area contributed by atoms with Crippen LogP contribution in [0.15, 0.2) is 18.2 Å². The normalized spacial score (nSPS) is 11.0. The number of carbonyl (C=O) groups excluding carboxylic acids is 1. The van der Waals surface area contributed by atoms with Crippen LogP contribution in [0.5, 0.6) is 5.75 Å². The van der Waals surface area contributed by atoms with E-state index in [1.807, 2.05) is 0 Å². The number of benzene rings is 1. The number of hydrogen-bond acceptors (Lipinski definition) is 5. The first kappa shape index (κ1) is 17.3. The topological polar surface area (TPSA) is 84.9 Å². The van der Waals surface area contributed by atoms with Crippen LogP contribution >= 0.6 is 0 Å². The predicted molar refractivity (Wildman–Crippen MR) is 80.5 cm³/mol. The van der Waals surface area contributed by atoms with Crippen molar-refractivity contribution in [2.45, 2.75) is 0 Å². The second-order valence-corrected chi connectivity index (χ2v) is 6.38. The van der Waals surface area contributed by atoms with Crippen molar-refractivity contribution in [2.24, 2.45) is 0 Å². The minimum Gasteiger partial charge on any atom is -0.496 e. The lowest BCUT2D eigenvalue weighted by Gasteiger charge is -2.18. The molecule has 0 aliphatic rings. The molecule has 8 heteroatoms. The Morgan fingerprint density at radius 2 is 2.00 bits per heavy atom. The van der Waals surface area contributed by atoms with Crippen molar-refractivity contribution in [3.8, 4) is 5.75 Å². The first-order chi connectivity index (χ1) is 9.81. The minimum atomic E-state index is -3.40. The number of nitrogens with zero attached hydrogens (tertiary/aromatic N) is 1. The van der Waals surface area contributed by atoms with E-state index in [1.54, 1.807) is 12.1 Å². The number of ether oxygens (including phenoxy) is 2. The van der Waals surface area contributed by atoms with E-state index in [9.17, 15) is 13.2 Å². The summed E-state index contributed by atoms with van der Waals surface area (Å²) in [4.78, 5) is 12.1. The highest BCUT2D eigenvalue weighted by molar-refractivity contribution is 7.92. The molecule has 21 heavy (non-hydrogen) atoms. The largest absolute Gasteiger partial charge is 0.496 e. The van der Waals surface area contributed by atoms with Gasteiger partial charge in [0.1, 0.15) is 5.75 Å². The molecule has 0 saturated heterocycles. The Labute approximate surface area is 124 Å². The fourth-order valence-corrected chi connectivity index (χ4v) is 2.12. The second kappa shape index (κ2) is 7.28. The van der Waals surface area contributed by atoms with Crippen LogP contribution in [0.1, 0.15) is 10.4 Å². The summed E-state index contributed by atoms with van der Waals surface area (Å²) in [5, 5.41) is 2.67. The molecule has 0 aliphatic carbocycles. The maximum Gasteiger partial charge on any atom is 0.255 e. The van der Waals surface area contributed by atoms with Gasteiger partial charge in [-0.1, -0.05) is 0 Å². The summed E-state index contributed by atoms with van der Waals surface area (Å²) in [6, 6.07) is 4.61. The summed E-state index contributed by atoms with van der Waals surface area (Å²) >= 11 is 0. The van der Waals surface area contributed by atoms with Crippen molar-refractivity contribution in [1.29, 1.82) is 0 Å². The van der Waals surface area contributed by atoms with E-state index in [0.29, 0.717) is 24.6 Å². The highest BCUT2D eigenvalue weighted by atomic mass is 32.2. The third kappa shape index (κ3) is 4.61. The fourth-order valence-electron chi connectivity index (χ4n) is 1.62. The van der Waals surface area contributed by atoms with E-state index >= 15 is 0 Å². The minimum absolute atomic E-state index is 0.265. The van der Waals surface area contributed by atoms with Crippen LogP contribution in [-0.2, 0) is 14.8 Å². The first-order valence-corrected chi connectivity index (χ1v) is 8.05. The van der Waals surface area contributed by atoms with Crippen molar-refractivity contribution in [2.75, 3.05) is 45.0 Å². The van der Waals surface area contributed by atoms with Gasteiger partial charge in [0.25, 0.3) is 5.91 Å². The van der Waals surface area contributed by atoms with E-state index in [-0.39, 0.29) is 11.5 Å². The maximum absolute atomic E-state index is 12.1. The van der Waals surface area contributed by atoms with E-state index in [0.717, 1.165) is 10.6 Å². The Hall–Kier alpha value is -1.80. The first-order valence-electron chi connectivity index (χ1n) is 6.20. The average molecular weight is 316 g/mol. The Morgan fingerprint density at radius 1 is 1.33 bits per heavy atom. The molecule has 0 unspecified atom stereocenters. The number of methoxy groups -OCH3 is 2. The van der Waals surface area contributed by atoms with Crippen LogP contribution < -0.4 is 14.4 Å². The second-order valence-electron chi connectivity index (χ2n) is 4.36. The Bertz CT molecular complexity index is 601. The van der Waals surface area contributed by atoms with Gasteiger partial charge in [-0.2, -0.15) is 0 Å². The van der Waals surface area contributed by atoms with Crippen LogP contribution in [-0.4, -0.2) is 55.0 Å². The molecule has 0 aliphatic heterocycles. The molecule has 0 radical (unpaired) electrons. The molecule has 0 aromatic heterocycles. The lowest BCUT2D eigenvalue weighted by Crippen LogP contribution is -2.28. The zero-order valence-corrected chi connectivity index (χ0v) is 13.4. The molecule has 0 fully saturated rings. The number of carbonyl (C=O) groups is 1. The summed E-state index contributed by atoms with van der Waals surface area (Å²) in [6.07, 6.45) is 1.09. The number of nitrogens with one attached hydrogen (secondary N) is 1. The zero-order chi connectivity index (χ0) is 16.0. The van der Waals surface area contributed by atoms with Gasteiger partial charge in [0.2, 0.25) is 10.0 Å². The summed E-state index contributed by atoms with van der Waals surface area (Å²) in [5.74, 6) is 0.0169. The van der Waals surface area contributed by atoms with Gasteiger partial charge < -0.3 is 14.8 Å². The smallest absolute Gasteiger partial charge is 0.255 e. The molecule has 1 N–H and O–H groups in total. The quantitative estimate of drug-likeness (QED) is 0.739. The molecule has 0 heterocycles. The maximum atomic E-state index is 12.1. The highest BCUT2D eigenvalue weighted by Gasteiger charge is 2.17. The van der Waals surface area contributed by atoms with Gasteiger partial charge in [0.15, 0.2) is 0 Å². The van der Waals surface area contributed by atoms with Gasteiger partial charge in [0.05, 0.1) is 31.2 Å². The standard InChI is InChI=1S/C13H20N2O5S/c1-15(21(4,17)18)10-5-6-12(20-3)11(9-10)13(16)14-7-8-19-2/h5-6,9H,7-8H2,1-4H3,(H,14,16). The molecular formula is C13H20N2O5S. The van der Waals surface area contributed by atoms with Crippen LogP contribution in [0.3, 0.4) is 0 Å². The number of hydrogen-bond donors (Lipinski definition) is 1. The van der Waals surface area contributed by atoms with Crippen LogP contribution in [0.2, 0.25) is 0 Å². The molecule has 7 nitrogen and oxygen atoms in total. The van der Waals surface area contributed by atoms with E-state index in [2.05, 4.69) is 5.32 Å². The molecule has 1 amide bonds. The third-order valence-electron chi connectivity index (χ3n) is 2.88. The number of rotatable bonds is 7. The average Bonchev–Trinajstić information content (AvgIpc) is 2.45. The van der Waals surface area contributed by atoms with Gasteiger partial charge in [-0.15, -0.1) is 0 Å². The molecular weight excluding hydrogens is 296 g/mol. The molecule has 0 bridgehead atoms.